The molecule has 2 saturated heterocycles. The first-order chi connectivity index (χ1) is 11.1. The molecule has 4 nitrogen and oxygen atoms in total. The number of likely N-dealkylation sites (tertiary alicyclic amines) is 2. The quantitative estimate of drug-likeness (QED) is 0.802. The summed E-state index contributed by atoms with van der Waals surface area (Å²) < 4.78 is 0. The van der Waals surface area contributed by atoms with Crippen LogP contribution in [0.2, 0.25) is 0 Å². The molecule has 3 rings (SSSR count). The third kappa shape index (κ3) is 4.07. The minimum atomic E-state index is 0.0436. The molecule has 3 fully saturated rings. The van der Waals surface area contributed by atoms with Gasteiger partial charge in [-0.1, -0.05) is 13.8 Å². The van der Waals surface area contributed by atoms with Crippen molar-refractivity contribution >= 4 is 11.8 Å². The average Bonchev–Trinajstić information content (AvgIpc) is 3.39. The van der Waals surface area contributed by atoms with Gasteiger partial charge in [-0.15, -0.1) is 0 Å². The lowest BCUT2D eigenvalue weighted by molar-refractivity contribution is -0.141. The number of carbonyl (C=O) groups excluding carboxylic acids is 2. The number of amides is 2. The lowest BCUT2D eigenvalue weighted by Crippen LogP contribution is -2.47. The summed E-state index contributed by atoms with van der Waals surface area (Å²) in [6.45, 7) is 7.94. The first-order valence-electron chi connectivity index (χ1n) is 9.64. The number of carbonyl (C=O) groups is 2. The summed E-state index contributed by atoms with van der Waals surface area (Å²) in [5, 5.41) is 0. The summed E-state index contributed by atoms with van der Waals surface area (Å²) in [6, 6.07) is 0. The van der Waals surface area contributed by atoms with Gasteiger partial charge in [0, 0.05) is 32.1 Å². The molecule has 2 heterocycles. The number of nitrogens with zero attached hydrogens (tertiary/aromatic N) is 2. The molecule has 0 radical (unpaired) electrons. The Morgan fingerprint density at radius 2 is 1.43 bits per heavy atom. The van der Waals surface area contributed by atoms with Crippen molar-refractivity contribution in [1.82, 2.24) is 9.80 Å². The van der Waals surface area contributed by atoms with Gasteiger partial charge in [-0.3, -0.25) is 9.59 Å². The van der Waals surface area contributed by atoms with Crippen molar-refractivity contribution in [1.29, 1.82) is 0 Å². The lowest BCUT2D eigenvalue weighted by atomic mass is 9.89. The molecule has 2 amide bonds. The van der Waals surface area contributed by atoms with Crippen LogP contribution in [-0.2, 0) is 9.59 Å². The molecule has 0 spiro atoms. The highest BCUT2D eigenvalue weighted by atomic mass is 16.2. The van der Waals surface area contributed by atoms with Gasteiger partial charge in [-0.25, -0.2) is 0 Å². The maximum atomic E-state index is 12.9. The van der Waals surface area contributed by atoms with Crippen LogP contribution in [0.15, 0.2) is 0 Å². The monoisotopic (exact) mass is 320 g/mol. The maximum absolute atomic E-state index is 12.9. The largest absolute Gasteiger partial charge is 0.342 e. The van der Waals surface area contributed by atoms with Crippen LogP contribution in [0.1, 0.15) is 58.8 Å². The molecule has 0 aromatic rings. The van der Waals surface area contributed by atoms with E-state index in [-0.39, 0.29) is 11.8 Å². The molecule has 0 unspecified atom stereocenters. The maximum Gasteiger partial charge on any atom is 0.227 e. The molecule has 0 aromatic heterocycles. The van der Waals surface area contributed by atoms with Gasteiger partial charge in [-0.05, 0) is 56.8 Å². The fourth-order valence-corrected chi connectivity index (χ4v) is 4.23. The van der Waals surface area contributed by atoms with Gasteiger partial charge in [0.25, 0.3) is 0 Å². The van der Waals surface area contributed by atoms with Crippen LogP contribution in [-0.4, -0.2) is 47.8 Å². The lowest BCUT2D eigenvalue weighted by Gasteiger charge is -2.35. The summed E-state index contributed by atoms with van der Waals surface area (Å²) >= 11 is 0. The molecule has 0 N–H and O–H groups in total. The summed E-state index contributed by atoms with van der Waals surface area (Å²) in [5.41, 5.74) is 0. The van der Waals surface area contributed by atoms with Gasteiger partial charge in [-0.2, -0.15) is 0 Å². The van der Waals surface area contributed by atoms with Gasteiger partial charge in [0.15, 0.2) is 0 Å². The average molecular weight is 320 g/mol. The Labute approximate surface area is 140 Å². The number of hydrogen-bond acceptors (Lipinski definition) is 2. The van der Waals surface area contributed by atoms with Crippen molar-refractivity contribution < 1.29 is 9.59 Å². The number of rotatable bonds is 3. The summed E-state index contributed by atoms with van der Waals surface area (Å²) in [7, 11) is 0. The standard InChI is InChI=1S/C19H32N2O2/c1-14(2)15-5-3-10-20(12-9-15)19(23)17-6-4-11-21(13-17)18(22)16-7-8-16/h14-17H,3-13H2,1-2H3/t15-,17+/m1/s1. The van der Waals surface area contributed by atoms with Crippen LogP contribution >= 0.6 is 0 Å². The van der Waals surface area contributed by atoms with Crippen LogP contribution in [0.5, 0.6) is 0 Å². The molecular weight excluding hydrogens is 288 g/mol. The van der Waals surface area contributed by atoms with E-state index in [4.69, 9.17) is 0 Å². The molecule has 23 heavy (non-hydrogen) atoms. The van der Waals surface area contributed by atoms with E-state index < -0.39 is 0 Å². The van der Waals surface area contributed by atoms with E-state index in [0.29, 0.717) is 24.3 Å². The van der Waals surface area contributed by atoms with E-state index in [1.165, 1.54) is 6.42 Å². The van der Waals surface area contributed by atoms with Crippen molar-refractivity contribution in [2.45, 2.75) is 58.8 Å². The Morgan fingerprint density at radius 3 is 2.13 bits per heavy atom. The smallest absolute Gasteiger partial charge is 0.227 e. The zero-order valence-electron chi connectivity index (χ0n) is 14.8. The van der Waals surface area contributed by atoms with Gasteiger partial charge >= 0.3 is 0 Å². The van der Waals surface area contributed by atoms with Gasteiger partial charge in [0.05, 0.1) is 5.92 Å². The molecule has 4 heteroatoms. The van der Waals surface area contributed by atoms with E-state index in [1.807, 2.05) is 4.90 Å². The van der Waals surface area contributed by atoms with E-state index in [0.717, 1.165) is 64.1 Å². The predicted molar refractivity (Wildman–Crippen MR) is 90.8 cm³/mol. The second kappa shape index (κ2) is 7.23. The molecule has 2 atom stereocenters. The second-order valence-corrected chi connectivity index (χ2v) is 8.16. The normalized spacial score (nSPS) is 29.5. The van der Waals surface area contributed by atoms with E-state index in [2.05, 4.69) is 18.7 Å². The molecule has 0 bridgehead atoms. The topological polar surface area (TPSA) is 40.6 Å². The van der Waals surface area contributed by atoms with Crippen molar-refractivity contribution in [2.24, 2.45) is 23.7 Å². The summed E-state index contributed by atoms with van der Waals surface area (Å²) in [6.07, 6.45) is 7.56. The predicted octanol–water partition coefficient (Wildman–Crippen LogP) is 2.92. The van der Waals surface area contributed by atoms with Gasteiger partial charge < -0.3 is 9.80 Å². The Bertz CT molecular complexity index is 445. The number of hydrogen-bond donors (Lipinski definition) is 0. The van der Waals surface area contributed by atoms with Crippen LogP contribution in [0.25, 0.3) is 0 Å². The zero-order valence-corrected chi connectivity index (χ0v) is 14.8. The fraction of sp³-hybridized carbons (Fsp3) is 0.895. The van der Waals surface area contributed by atoms with Crippen LogP contribution in [0, 0.1) is 23.7 Å². The molecular formula is C19H32N2O2. The minimum absolute atomic E-state index is 0.0436. The van der Waals surface area contributed by atoms with E-state index >= 15 is 0 Å². The highest BCUT2D eigenvalue weighted by Gasteiger charge is 2.37. The van der Waals surface area contributed by atoms with Crippen molar-refractivity contribution in [3.05, 3.63) is 0 Å². The molecule has 130 valence electrons. The number of piperidine rings is 1. The Kier molecular flexibility index (Phi) is 5.27. The molecule has 3 aliphatic rings. The van der Waals surface area contributed by atoms with Gasteiger partial charge in [0.2, 0.25) is 11.8 Å². The van der Waals surface area contributed by atoms with Gasteiger partial charge in [0.1, 0.15) is 0 Å². The molecule has 0 aromatic carbocycles. The van der Waals surface area contributed by atoms with Crippen LogP contribution in [0.4, 0.5) is 0 Å². The van der Waals surface area contributed by atoms with Crippen molar-refractivity contribution in [3.63, 3.8) is 0 Å². The zero-order chi connectivity index (χ0) is 16.4. The van der Waals surface area contributed by atoms with Crippen LogP contribution < -0.4 is 0 Å². The van der Waals surface area contributed by atoms with E-state index in [9.17, 15) is 9.59 Å². The SMILES string of the molecule is CC(C)[C@@H]1CCCN(C(=O)[C@H]2CCCN(C(=O)C3CC3)C2)CC1. The Balaban J connectivity index is 1.55. The third-order valence-electron chi connectivity index (χ3n) is 6.04. The van der Waals surface area contributed by atoms with Crippen molar-refractivity contribution in [2.75, 3.05) is 26.2 Å². The van der Waals surface area contributed by atoms with Crippen LogP contribution in [0.3, 0.4) is 0 Å². The second-order valence-electron chi connectivity index (χ2n) is 8.16. The first kappa shape index (κ1) is 16.8. The third-order valence-corrected chi connectivity index (χ3v) is 6.04. The van der Waals surface area contributed by atoms with Crippen molar-refractivity contribution in [3.8, 4) is 0 Å². The summed E-state index contributed by atoms with van der Waals surface area (Å²) in [5.74, 6) is 2.40. The highest BCUT2D eigenvalue weighted by Crippen LogP contribution is 2.33. The minimum Gasteiger partial charge on any atom is -0.342 e. The fourth-order valence-electron chi connectivity index (χ4n) is 4.23. The molecule has 1 aliphatic carbocycles. The Morgan fingerprint density at radius 1 is 0.783 bits per heavy atom. The molecule has 1 saturated carbocycles. The molecule has 2 aliphatic heterocycles. The van der Waals surface area contributed by atoms with E-state index in [1.54, 1.807) is 0 Å². The summed E-state index contributed by atoms with van der Waals surface area (Å²) in [4.78, 5) is 29.3. The Hall–Kier alpha value is -1.06. The first-order valence-corrected chi connectivity index (χ1v) is 9.64. The highest BCUT2D eigenvalue weighted by molar-refractivity contribution is 5.83.